The number of hydrogen-bond acceptors (Lipinski definition) is 2. The summed E-state index contributed by atoms with van der Waals surface area (Å²) in [7, 11) is 0. The number of terminal acetylenes is 1. The Bertz CT molecular complexity index is 533. The Kier molecular flexibility index (Phi) is 9.21. The molecule has 1 rings (SSSR count). The zero-order valence-corrected chi connectivity index (χ0v) is 14.6. The molecule has 1 aromatic rings. The predicted octanol–water partition coefficient (Wildman–Crippen LogP) is 1.88. The molecule has 0 fully saturated rings. The quantitative estimate of drug-likeness (QED) is 0.343. The van der Waals surface area contributed by atoms with Gasteiger partial charge in [0.2, 0.25) is 5.91 Å². The number of rotatable bonds is 5. The molecule has 0 heterocycles. The zero-order chi connectivity index (χ0) is 15.0. The summed E-state index contributed by atoms with van der Waals surface area (Å²) < 4.78 is 0. The Hall–Kier alpha value is -1.75. The average Bonchev–Trinajstić information content (AvgIpc) is 2.46. The average molecular weight is 400 g/mol. The molecule has 0 aliphatic carbocycles. The minimum atomic E-state index is -0.228. The number of anilines is 1. The highest BCUT2D eigenvalue weighted by Crippen LogP contribution is 2.09. The Morgan fingerprint density at radius 2 is 2.10 bits per heavy atom. The van der Waals surface area contributed by atoms with Crippen molar-refractivity contribution in [1.82, 2.24) is 4.90 Å². The SMILES string of the molecule is C#Cc1cccc(NC(=O)CN=C(N)N(CC)CC)c1.I. The second-order valence-corrected chi connectivity index (χ2v) is 4.12. The van der Waals surface area contributed by atoms with Gasteiger partial charge in [-0.1, -0.05) is 12.0 Å². The van der Waals surface area contributed by atoms with Crippen LogP contribution in [0.15, 0.2) is 29.3 Å². The van der Waals surface area contributed by atoms with Crippen molar-refractivity contribution in [1.29, 1.82) is 0 Å². The molecule has 0 radical (unpaired) electrons. The molecule has 0 spiro atoms. The van der Waals surface area contributed by atoms with Crippen LogP contribution in [-0.2, 0) is 4.79 Å². The van der Waals surface area contributed by atoms with Crippen LogP contribution in [0.3, 0.4) is 0 Å². The Morgan fingerprint density at radius 3 is 2.67 bits per heavy atom. The summed E-state index contributed by atoms with van der Waals surface area (Å²) in [6.07, 6.45) is 5.31. The van der Waals surface area contributed by atoms with Gasteiger partial charge in [-0.25, -0.2) is 4.99 Å². The number of amides is 1. The van der Waals surface area contributed by atoms with Crippen molar-refractivity contribution in [3.63, 3.8) is 0 Å². The van der Waals surface area contributed by atoms with Crippen molar-refractivity contribution >= 4 is 41.5 Å². The number of nitrogens with two attached hydrogens (primary N) is 1. The lowest BCUT2D eigenvalue weighted by Gasteiger charge is -2.19. The van der Waals surface area contributed by atoms with Crippen molar-refractivity contribution in [2.24, 2.45) is 10.7 Å². The molecule has 0 aliphatic rings. The van der Waals surface area contributed by atoms with Crippen molar-refractivity contribution in [2.45, 2.75) is 13.8 Å². The molecular formula is C15H21IN4O. The van der Waals surface area contributed by atoms with Crippen LogP contribution in [0.5, 0.6) is 0 Å². The number of halogens is 1. The van der Waals surface area contributed by atoms with Crippen LogP contribution < -0.4 is 11.1 Å². The van der Waals surface area contributed by atoms with E-state index in [1.807, 2.05) is 18.7 Å². The first-order chi connectivity index (χ1) is 9.60. The van der Waals surface area contributed by atoms with Gasteiger partial charge in [0.1, 0.15) is 6.54 Å². The maximum atomic E-state index is 11.8. The topological polar surface area (TPSA) is 70.7 Å². The lowest BCUT2D eigenvalue weighted by Crippen LogP contribution is -2.37. The van der Waals surface area contributed by atoms with E-state index in [0.29, 0.717) is 17.2 Å². The molecule has 3 N–H and O–H groups in total. The fourth-order valence-corrected chi connectivity index (χ4v) is 1.69. The second kappa shape index (κ2) is 10.0. The molecular weight excluding hydrogens is 379 g/mol. The van der Waals surface area contributed by atoms with Crippen LogP contribution in [0, 0.1) is 12.3 Å². The van der Waals surface area contributed by atoms with E-state index < -0.39 is 0 Å². The van der Waals surface area contributed by atoms with Crippen LogP contribution >= 0.6 is 24.0 Å². The molecule has 6 heteroatoms. The van der Waals surface area contributed by atoms with Crippen LogP contribution in [0.25, 0.3) is 0 Å². The van der Waals surface area contributed by atoms with Crippen molar-refractivity contribution in [3.05, 3.63) is 29.8 Å². The number of carbonyl (C=O) groups excluding carboxylic acids is 1. The third-order valence-corrected chi connectivity index (χ3v) is 2.79. The van der Waals surface area contributed by atoms with Crippen molar-refractivity contribution in [2.75, 3.05) is 25.0 Å². The molecule has 0 bridgehead atoms. The minimum absolute atomic E-state index is 0. The van der Waals surface area contributed by atoms with Gasteiger partial charge in [-0.05, 0) is 32.0 Å². The third kappa shape index (κ3) is 6.49. The first kappa shape index (κ1) is 19.2. The monoisotopic (exact) mass is 400 g/mol. The Balaban J connectivity index is 0.00000400. The molecule has 0 unspecified atom stereocenters. The van der Waals surface area contributed by atoms with E-state index in [1.165, 1.54) is 0 Å². The number of carbonyl (C=O) groups is 1. The van der Waals surface area contributed by atoms with Crippen LogP contribution in [0.1, 0.15) is 19.4 Å². The molecule has 1 amide bonds. The number of nitrogens with zero attached hydrogens (tertiary/aromatic N) is 2. The normalized spacial score (nSPS) is 10.2. The van der Waals surface area contributed by atoms with Gasteiger partial charge in [0.05, 0.1) is 0 Å². The summed E-state index contributed by atoms with van der Waals surface area (Å²) in [5, 5.41) is 2.73. The van der Waals surface area contributed by atoms with E-state index in [9.17, 15) is 4.79 Å². The van der Waals surface area contributed by atoms with Crippen LogP contribution in [-0.4, -0.2) is 36.4 Å². The highest BCUT2D eigenvalue weighted by atomic mass is 127. The van der Waals surface area contributed by atoms with Gasteiger partial charge >= 0.3 is 0 Å². The maximum Gasteiger partial charge on any atom is 0.246 e. The van der Waals surface area contributed by atoms with Gasteiger partial charge in [0.15, 0.2) is 5.96 Å². The summed E-state index contributed by atoms with van der Waals surface area (Å²) in [6.45, 7) is 5.48. The van der Waals surface area contributed by atoms with Gasteiger partial charge in [0, 0.05) is 24.3 Å². The lowest BCUT2D eigenvalue weighted by atomic mass is 10.2. The smallest absolute Gasteiger partial charge is 0.246 e. The number of aliphatic imine (C=N–C) groups is 1. The highest BCUT2D eigenvalue weighted by molar-refractivity contribution is 14.0. The summed E-state index contributed by atoms with van der Waals surface area (Å²) >= 11 is 0. The van der Waals surface area contributed by atoms with Gasteiger partial charge in [-0.3, -0.25) is 4.79 Å². The fourth-order valence-electron chi connectivity index (χ4n) is 1.69. The summed E-state index contributed by atoms with van der Waals surface area (Å²) in [6, 6.07) is 7.09. The highest BCUT2D eigenvalue weighted by Gasteiger charge is 2.05. The van der Waals surface area contributed by atoms with E-state index in [0.717, 1.165) is 13.1 Å². The predicted molar refractivity (Wildman–Crippen MR) is 97.8 cm³/mol. The molecule has 0 saturated heterocycles. The summed E-state index contributed by atoms with van der Waals surface area (Å²) in [5.74, 6) is 2.67. The lowest BCUT2D eigenvalue weighted by molar-refractivity contribution is -0.114. The van der Waals surface area contributed by atoms with E-state index >= 15 is 0 Å². The first-order valence-corrected chi connectivity index (χ1v) is 6.52. The van der Waals surface area contributed by atoms with Gasteiger partial charge in [-0.15, -0.1) is 30.4 Å². The Morgan fingerprint density at radius 1 is 1.43 bits per heavy atom. The van der Waals surface area contributed by atoms with Crippen molar-refractivity contribution < 1.29 is 4.79 Å². The van der Waals surface area contributed by atoms with Gasteiger partial charge in [0.25, 0.3) is 0 Å². The number of benzene rings is 1. The number of hydrogen-bond donors (Lipinski definition) is 2. The molecule has 0 saturated carbocycles. The van der Waals surface area contributed by atoms with E-state index in [1.54, 1.807) is 24.3 Å². The molecule has 5 nitrogen and oxygen atoms in total. The number of guanidine groups is 1. The fraction of sp³-hybridized carbons (Fsp3) is 0.333. The molecule has 21 heavy (non-hydrogen) atoms. The minimum Gasteiger partial charge on any atom is -0.370 e. The van der Waals surface area contributed by atoms with Crippen LogP contribution in [0.4, 0.5) is 5.69 Å². The van der Waals surface area contributed by atoms with E-state index in [-0.39, 0.29) is 36.4 Å². The maximum absolute atomic E-state index is 11.8. The molecule has 0 aliphatic heterocycles. The molecule has 0 aromatic heterocycles. The van der Waals surface area contributed by atoms with E-state index in [2.05, 4.69) is 16.2 Å². The van der Waals surface area contributed by atoms with Crippen LogP contribution in [0.2, 0.25) is 0 Å². The Labute approximate surface area is 143 Å². The second-order valence-electron chi connectivity index (χ2n) is 4.12. The molecule has 1 aromatic carbocycles. The standard InChI is InChI=1S/C15H20N4O.HI/c1-4-12-8-7-9-13(10-12)18-14(20)11-17-15(16)19(5-2)6-3;/h1,7-10H,5-6,11H2,2-3H3,(H2,16,17)(H,18,20);1H. The van der Waals surface area contributed by atoms with Crippen molar-refractivity contribution in [3.8, 4) is 12.3 Å². The summed E-state index contributed by atoms with van der Waals surface area (Å²) in [5.41, 5.74) is 7.17. The molecule has 0 atom stereocenters. The summed E-state index contributed by atoms with van der Waals surface area (Å²) in [4.78, 5) is 17.7. The third-order valence-electron chi connectivity index (χ3n) is 2.79. The molecule has 114 valence electrons. The zero-order valence-electron chi connectivity index (χ0n) is 12.3. The van der Waals surface area contributed by atoms with E-state index in [4.69, 9.17) is 12.2 Å². The van der Waals surface area contributed by atoms with Gasteiger partial charge in [-0.2, -0.15) is 0 Å². The number of nitrogens with one attached hydrogen (secondary N) is 1. The largest absolute Gasteiger partial charge is 0.370 e. The van der Waals surface area contributed by atoms with Gasteiger partial charge < -0.3 is 16.0 Å². The first-order valence-electron chi connectivity index (χ1n) is 6.52.